The van der Waals surface area contributed by atoms with Crippen LogP contribution in [0, 0.1) is 0 Å². The Balaban J connectivity index is 2.16. The molecule has 3 nitrogen and oxygen atoms in total. The van der Waals surface area contributed by atoms with Crippen molar-refractivity contribution in [3.63, 3.8) is 0 Å². The smallest absolute Gasteiger partial charge is 0.416 e. The summed E-state index contributed by atoms with van der Waals surface area (Å²) in [6, 6.07) is 14.3. The second-order valence-electron chi connectivity index (χ2n) is 5.52. The van der Waals surface area contributed by atoms with Crippen LogP contribution in [0.4, 0.5) is 13.2 Å². The fourth-order valence-electron chi connectivity index (χ4n) is 2.43. The first-order chi connectivity index (χ1) is 12.2. The van der Waals surface area contributed by atoms with Gasteiger partial charge in [-0.2, -0.15) is 13.2 Å². The summed E-state index contributed by atoms with van der Waals surface area (Å²) in [5, 5.41) is 9.34. The highest BCUT2D eigenvalue weighted by atomic mass is 79.9. The van der Waals surface area contributed by atoms with Crippen molar-refractivity contribution < 1.29 is 23.1 Å². The van der Waals surface area contributed by atoms with Gasteiger partial charge in [0.15, 0.2) is 0 Å². The predicted molar refractivity (Wildman–Crippen MR) is 94.8 cm³/mol. The molecule has 0 radical (unpaired) electrons. The summed E-state index contributed by atoms with van der Waals surface area (Å²) in [5.41, 5.74) is 0.512. The molecule has 3 rings (SSSR count). The second-order valence-corrected chi connectivity index (χ2v) is 6.43. The van der Waals surface area contributed by atoms with Gasteiger partial charge in [-0.3, -0.25) is 0 Å². The molecule has 0 amide bonds. The molecule has 0 saturated heterocycles. The zero-order chi connectivity index (χ0) is 18.9. The monoisotopic (exact) mass is 421 g/mol. The average Bonchev–Trinajstić information content (AvgIpc) is 2.61. The first kappa shape index (κ1) is 18.1. The molecule has 7 heteroatoms. The predicted octanol–water partition coefficient (Wildman–Crippen LogP) is 5.90. The third-order valence-corrected chi connectivity index (χ3v) is 4.23. The number of hydrogen-bond acceptors (Lipinski definition) is 2. The molecule has 0 aliphatic rings. The lowest BCUT2D eigenvalue weighted by atomic mass is 10.0. The summed E-state index contributed by atoms with van der Waals surface area (Å²) in [5.74, 6) is -1.18. The van der Waals surface area contributed by atoms with Crippen molar-refractivity contribution >= 4 is 21.9 Å². The number of aromatic nitrogens is 1. The highest BCUT2D eigenvalue weighted by molar-refractivity contribution is 9.10. The van der Waals surface area contributed by atoms with Crippen molar-refractivity contribution in [3.8, 4) is 22.5 Å². The van der Waals surface area contributed by atoms with Crippen molar-refractivity contribution in [1.29, 1.82) is 0 Å². The Labute approximate surface area is 155 Å². The average molecular weight is 422 g/mol. The summed E-state index contributed by atoms with van der Waals surface area (Å²) >= 11 is 3.31. The van der Waals surface area contributed by atoms with Crippen LogP contribution in [0.5, 0.6) is 0 Å². The number of carbonyl (C=O) groups is 1. The lowest BCUT2D eigenvalue weighted by Gasteiger charge is -2.11. The Hall–Kier alpha value is -2.67. The minimum absolute atomic E-state index is 0.0506. The second kappa shape index (κ2) is 6.92. The van der Waals surface area contributed by atoms with Crippen LogP contribution in [-0.2, 0) is 6.18 Å². The number of hydrogen-bond donors (Lipinski definition) is 1. The van der Waals surface area contributed by atoms with Gasteiger partial charge in [0.1, 0.15) is 0 Å². The van der Waals surface area contributed by atoms with Gasteiger partial charge in [-0.15, -0.1) is 0 Å². The van der Waals surface area contributed by atoms with Crippen molar-refractivity contribution in [2.24, 2.45) is 0 Å². The summed E-state index contributed by atoms with van der Waals surface area (Å²) in [6.07, 6.45) is -4.49. The van der Waals surface area contributed by atoms with E-state index in [1.54, 1.807) is 24.3 Å². The van der Waals surface area contributed by atoms with Crippen LogP contribution in [0.2, 0.25) is 0 Å². The Kier molecular flexibility index (Phi) is 4.82. The van der Waals surface area contributed by atoms with E-state index in [1.165, 1.54) is 24.3 Å². The van der Waals surface area contributed by atoms with E-state index in [1.807, 2.05) is 0 Å². The number of carboxylic acids is 1. The number of nitrogens with zero attached hydrogens (tertiary/aromatic N) is 1. The van der Waals surface area contributed by atoms with Crippen LogP contribution in [0.25, 0.3) is 22.5 Å². The zero-order valence-electron chi connectivity index (χ0n) is 13.1. The van der Waals surface area contributed by atoms with Gasteiger partial charge in [-0.05, 0) is 36.4 Å². The SMILES string of the molecule is O=C(O)c1cc(-c2ccc(Br)cc2)nc(-c2cccc(C(F)(F)F)c2)c1. The number of rotatable bonds is 3. The largest absolute Gasteiger partial charge is 0.478 e. The maximum absolute atomic E-state index is 13.0. The summed E-state index contributed by atoms with van der Waals surface area (Å²) in [4.78, 5) is 15.8. The van der Waals surface area contributed by atoms with Crippen LogP contribution in [-0.4, -0.2) is 16.1 Å². The molecule has 1 N–H and O–H groups in total. The van der Waals surface area contributed by atoms with E-state index < -0.39 is 17.7 Å². The molecule has 2 aromatic carbocycles. The Morgan fingerprint density at radius 3 is 2.12 bits per heavy atom. The topological polar surface area (TPSA) is 50.2 Å². The van der Waals surface area contributed by atoms with Crippen molar-refractivity contribution in [1.82, 2.24) is 4.98 Å². The molecule has 0 unspecified atom stereocenters. The first-order valence-corrected chi connectivity index (χ1v) is 8.22. The van der Waals surface area contributed by atoms with Crippen molar-refractivity contribution in [2.45, 2.75) is 6.18 Å². The van der Waals surface area contributed by atoms with Crippen LogP contribution >= 0.6 is 15.9 Å². The minimum Gasteiger partial charge on any atom is -0.478 e. The Bertz CT molecular complexity index is 969. The molecule has 0 spiro atoms. The van der Waals surface area contributed by atoms with E-state index in [4.69, 9.17) is 0 Å². The van der Waals surface area contributed by atoms with Crippen LogP contribution in [0.1, 0.15) is 15.9 Å². The molecule has 132 valence electrons. The number of halogens is 4. The number of aromatic carboxylic acids is 1. The Morgan fingerprint density at radius 1 is 0.923 bits per heavy atom. The fourth-order valence-corrected chi connectivity index (χ4v) is 2.69. The van der Waals surface area contributed by atoms with Gasteiger partial charge >= 0.3 is 12.1 Å². The van der Waals surface area contributed by atoms with Crippen LogP contribution < -0.4 is 0 Å². The maximum atomic E-state index is 13.0. The molecule has 3 aromatic rings. The van der Waals surface area contributed by atoms with Crippen LogP contribution in [0.3, 0.4) is 0 Å². The van der Waals surface area contributed by atoms with Gasteiger partial charge in [0.2, 0.25) is 0 Å². The normalized spacial score (nSPS) is 11.4. The quantitative estimate of drug-likeness (QED) is 0.572. The number of pyridine rings is 1. The van der Waals surface area contributed by atoms with E-state index in [2.05, 4.69) is 20.9 Å². The van der Waals surface area contributed by atoms with Gasteiger partial charge in [0, 0.05) is 15.6 Å². The molecule has 0 fully saturated rings. The third-order valence-electron chi connectivity index (χ3n) is 3.70. The molecule has 0 saturated carbocycles. The summed E-state index contributed by atoms with van der Waals surface area (Å²) in [7, 11) is 0. The highest BCUT2D eigenvalue weighted by Crippen LogP contribution is 2.33. The summed E-state index contributed by atoms with van der Waals surface area (Å²) < 4.78 is 39.7. The molecule has 0 bridgehead atoms. The standard InChI is InChI=1S/C19H11BrF3NO2/c20-15-6-4-11(5-7-15)16-9-13(18(25)26)10-17(24-16)12-2-1-3-14(8-12)19(21,22)23/h1-10H,(H,25,26). The zero-order valence-corrected chi connectivity index (χ0v) is 14.7. The third kappa shape index (κ3) is 3.94. The molecule has 0 aliphatic heterocycles. The lowest BCUT2D eigenvalue weighted by Crippen LogP contribution is -2.05. The summed E-state index contributed by atoms with van der Waals surface area (Å²) in [6.45, 7) is 0. The van der Waals surface area contributed by atoms with E-state index in [-0.39, 0.29) is 16.8 Å². The number of benzene rings is 2. The van der Waals surface area contributed by atoms with Gasteiger partial charge in [0.05, 0.1) is 22.5 Å². The number of carboxylic acid groups (broad SMARTS) is 1. The van der Waals surface area contributed by atoms with Crippen LogP contribution in [0.15, 0.2) is 65.1 Å². The number of alkyl halides is 3. The molecule has 1 aromatic heterocycles. The van der Waals surface area contributed by atoms with Gasteiger partial charge in [0.25, 0.3) is 0 Å². The van der Waals surface area contributed by atoms with Gasteiger partial charge in [-0.25, -0.2) is 9.78 Å². The van der Waals surface area contributed by atoms with Crippen molar-refractivity contribution in [2.75, 3.05) is 0 Å². The highest BCUT2D eigenvalue weighted by Gasteiger charge is 2.30. The first-order valence-electron chi connectivity index (χ1n) is 7.43. The molecule has 26 heavy (non-hydrogen) atoms. The molecular weight excluding hydrogens is 411 g/mol. The van der Waals surface area contributed by atoms with E-state index in [9.17, 15) is 23.1 Å². The molecule has 0 atom stereocenters. The van der Waals surface area contributed by atoms with Crippen molar-refractivity contribution in [3.05, 3.63) is 76.3 Å². The van der Waals surface area contributed by atoms with E-state index in [0.29, 0.717) is 11.3 Å². The van der Waals surface area contributed by atoms with E-state index >= 15 is 0 Å². The molecule has 0 aliphatic carbocycles. The molecule has 1 heterocycles. The fraction of sp³-hybridized carbons (Fsp3) is 0.0526. The minimum atomic E-state index is -4.49. The lowest BCUT2D eigenvalue weighted by molar-refractivity contribution is -0.137. The van der Waals surface area contributed by atoms with Gasteiger partial charge < -0.3 is 5.11 Å². The van der Waals surface area contributed by atoms with E-state index in [0.717, 1.165) is 16.6 Å². The Morgan fingerprint density at radius 2 is 1.54 bits per heavy atom. The maximum Gasteiger partial charge on any atom is 0.416 e. The van der Waals surface area contributed by atoms with Gasteiger partial charge in [-0.1, -0.05) is 40.2 Å². The molecular formula is C19H11BrF3NO2.